The zero-order valence-electron chi connectivity index (χ0n) is 7.29. The zero-order chi connectivity index (χ0) is 9.31. The van der Waals surface area contributed by atoms with E-state index < -0.39 is 5.60 Å². The Labute approximate surface area is 76.5 Å². The number of halogens is 1. The van der Waals surface area contributed by atoms with Crippen LogP contribution in [0.3, 0.4) is 0 Å². The monoisotopic (exact) mass is 181 g/mol. The Balaban J connectivity index is 2.33. The van der Waals surface area contributed by atoms with Gasteiger partial charge in [0.25, 0.3) is 0 Å². The van der Waals surface area contributed by atoms with Crippen LogP contribution in [0.1, 0.15) is 12.0 Å². The van der Waals surface area contributed by atoms with Crippen molar-refractivity contribution in [2.75, 3.05) is 13.2 Å². The molecule has 1 aromatic carbocycles. The maximum Gasteiger partial charge on any atom is 0.123 e. The van der Waals surface area contributed by atoms with Crippen molar-refractivity contribution in [3.63, 3.8) is 0 Å². The summed E-state index contributed by atoms with van der Waals surface area (Å²) in [4.78, 5) is 0. The van der Waals surface area contributed by atoms with E-state index in [-0.39, 0.29) is 5.82 Å². The van der Waals surface area contributed by atoms with Crippen molar-refractivity contribution in [3.05, 3.63) is 35.6 Å². The molecule has 1 aromatic rings. The maximum atomic E-state index is 12.9. The molecule has 0 radical (unpaired) electrons. The van der Waals surface area contributed by atoms with Gasteiger partial charge in [0.2, 0.25) is 0 Å². The predicted molar refractivity (Wildman–Crippen MR) is 47.7 cm³/mol. The predicted octanol–water partition coefficient (Wildman–Crippen LogP) is 1.40. The summed E-state index contributed by atoms with van der Waals surface area (Å²) in [5.41, 5.74) is 6.04. The molecule has 13 heavy (non-hydrogen) atoms. The number of ether oxygens (including phenoxy) is 1. The van der Waals surface area contributed by atoms with Gasteiger partial charge in [-0.3, -0.25) is 0 Å². The summed E-state index contributed by atoms with van der Waals surface area (Å²) in [5, 5.41) is 0. The normalized spacial score (nSPS) is 26.9. The second-order valence-corrected chi connectivity index (χ2v) is 3.31. The van der Waals surface area contributed by atoms with Crippen LogP contribution in [0.25, 0.3) is 0 Å². The second kappa shape index (κ2) is 3.09. The molecule has 1 saturated heterocycles. The quantitative estimate of drug-likeness (QED) is 0.748. The summed E-state index contributed by atoms with van der Waals surface area (Å²) in [7, 11) is 0. The van der Waals surface area contributed by atoms with E-state index in [2.05, 4.69) is 0 Å². The van der Waals surface area contributed by atoms with Crippen molar-refractivity contribution in [1.82, 2.24) is 0 Å². The Bertz CT molecular complexity index is 304. The Kier molecular flexibility index (Phi) is 2.06. The van der Waals surface area contributed by atoms with Gasteiger partial charge < -0.3 is 10.5 Å². The molecule has 0 amide bonds. The summed E-state index contributed by atoms with van der Waals surface area (Å²) in [6, 6.07) is 6.46. The molecule has 70 valence electrons. The van der Waals surface area contributed by atoms with Crippen molar-refractivity contribution in [3.8, 4) is 0 Å². The van der Waals surface area contributed by atoms with E-state index in [1.54, 1.807) is 6.07 Å². The number of rotatable bonds is 2. The van der Waals surface area contributed by atoms with E-state index in [1.165, 1.54) is 12.1 Å². The lowest BCUT2D eigenvalue weighted by molar-refractivity contribution is -0.147. The fourth-order valence-electron chi connectivity index (χ4n) is 1.63. The summed E-state index contributed by atoms with van der Waals surface area (Å²) >= 11 is 0. The highest BCUT2D eigenvalue weighted by Gasteiger charge is 2.38. The average molecular weight is 181 g/mol. The molecule has 0 bridgehead atoms. The molecule has 2 N–H and O–H groups in total. The van der Waals surface area contributed by atoms with Gasteiger partial charge in [0.05, 0.1) is 6.61 Å². The Hall–Kier alpha value is -0.930. The van der Waals surface area contributed by atoms with Crippen molar-refractivity contribution in [2.24, 2.45) is 5.73 Å². The van der Waals surface area contributed by atoms with E-state index >= 15 is 0 Å². The highest BCUT2D eigenvalue weighted by molar-refractivity contribution is 5.25. The molecular weight excluding hydrogens is 169 g/mol. The molecule has 0 aliphatic carbocycles. The van der Waals surface area contributed by atoms with Gasteiger partial charge in [0.1, 0.15) is 11.4 Å². The summed E-state index contributed by atoms with van der Waals surface area (Å²) in [5.74, 6) is -0.235. The molecular formula is C10H12FNO. The Morgan fingerprint density at radius 2 is 2.31 bits per heavy atom. The fourth-order valence-corrected chi connectivity index (χ4v) is 1.63. The van der Waals surface area contributed by atoms with Crippen LogP contribution in [0.5, 0.6) is 0 Å². The van der Waals surface area contributed by atoms with Crippen molar-refractivity contribution < 1.29 is 9.13 Å². The molecule has 0 aromatic heterocycles. The SMILES string of the molecule is NCC1(c2cccc(F)c2)CCO1. The summed E-state index contributed by atoms with van der Waals surface area (Å²) < 4.78 is 18.3. The molecule has 1 unspecified atom stereocenters. The van der Waals surface area contributed by atoms with Crippen molar-refractivity contribution in [1.29, 1.82) is 0 Å². The first-order chi connectivity index (χ1) is 6.27. The van der Waals surface area contributed by atoms with Crippen LogP contribution < -0.4 is 5.73 Å². The summed E-state index contributed by atoms with van der Waals surface area (Å²) in [6.07, 6.45) is 0.882. The second-order valence-electron chi connectivity index (χ2n) is 3.31. The van der Waals surface area contributed by atoms with Crippen LogP contribution in [0, 0.1) is 5.82 Å². The third-order valence-corrected chi connectivity index (χ3v) is 2.56. The first-order valence-corrected chi connectivity index (χ1v) is 4.37. The van der Waals surface area contributed by atoms with Crippen molar-refractivity contribution in [2.45, 2.75) is 12.0 Å². The molecule has 1 fully saturated rings. The molecule has 2 rings (SSSR count). The molecule has 2 nitrogen and oxygen atoms in total. The molecule has 1 aliphatic rings. The molecule has 1 atom stereocenters. The number of nitrogens with two attached hydrogens (primary N) is 1. The molecule has 3 heteroatoms. The van der Waals surface area contributed by atoms with Gasteiger partial charge in [0.15, 0.2) is 0 Å². The van der Waals surface area contributed by atoms with Crippen LogP contribution in [0.4, 0.5) is 4.39 Å². The minimum atomic E-state index is -0.415. The number of hydrogen-bond donors (Lipinski definition) is 1. The van der Waals surface area contributed by atoms with Gasteiger partial charge in [-0.05, 0) is 17.7 Å². The standard InChI is InChI=1S/C10H12FNO/c11-9-3-1-2-8(6-9)10(7-12)4-5-13-10/h1-3,6H,4-5,7,12H2. The fraction of sp³-hybridized carbons (Fsp3) is 0.400. The van der Waals surface area contributed by atoms with E-state index in [1.807, 2.05) is 6.07 Å². The largest absolute Gasteiger partial charge is 0.369 e. The lowest BCUT2D eigenvalue weighted by Gasteiger charge is -2.41. The highest BCUT2D eigenvalue weighted by atomic mass is 19.1. The molecule has 0 saturated carbocycles. The lowest BCUT2D eigenvalue weighted by Crippen LogP contribution is -2.47. The van der Waals surface area contributed by atoms with E-state index in [9.17, 15) is 4.39 Å². The topological polar surface area (TPSA) is 35.2 Å². The van der Waals surface area contributed by atoms with Crippen LogP contribution >= 0.6 is 0 Å². The van der Waals surface area contributed by atoms with Gasteiger partial charge in [-0.15, -0.1) is 0 Å². The van der Waals surface area contributed by atoms with Crippen LogP contribution in [-0.4, -0.2) is 13.2 Å². The lowest BCUT2D eigenvalue weighted by atomic mass is 9.86. The third-order valence-electron chi connectivity index (χ3n) is 2.56. The van der Waals surface area contributed by atoms with Crippen molar-refractivity contribution >= 4 is 0 Å². The minimum Gasteiger partial charge on any atom is -0.369 e. The van der Waals surface area contributed by atoms with Gasteiger partial charge in [-0.1, -0.05) is 12.1 Å². The minimum absolute atomic E-state index is 0.235. The molecule has 1 heterocycles. The smallest absolute Gasteiger partial charge is 0.123 e. The van der Waals surface area contributed by atoms with E-state index in [4.69, 9.17) is 10.5 Å². The van der Waals surface area contributed by atoms with E-state index in [0.29, 0.717) is 13.2 Å². The molecule has 0 spiro atoms. The van der Waals surface area contributed by atoms with Crippen LogP contribution in [0.15, 0.2) is 24.3 Å². The summed E-state index contributed by atoms with van der Waals surface area (Å²) in [6.45, 7) is 1.13. The maximum absolute atomic E-state index is 12.9. The number of hydrogen-bond acceptors (Lipinski definition) is 2. The zero-order valence-corrected chi connectivity index (χ0v) is 7.29. The van der Waals surface area contributed by atoms with E-state index in [0.717, 1.165) is 12.0 Å². The first-order valence-electron chi connectivity index (χ1n) is 4.37. The average Bonchev–Trinajstić information content (AvgIpc) is 2.03. The van der Waals surface area contributed by atoms with Gasteiger partial charge >= 0.3 is 0 Å². The van der Waals surface area contributed by atoms with Crippen LogP contribution in [0.2, 0.25) is 0 Å². The van der Waals surface area contributed by atoms with Gasteiger partial charge in [0, 0.05) is 13.0 Å². The Morgan fingerprint density at radius 1 is 1.54 bits per heavy atom. The van der Waals surface area contributed by atoms with Gasteiger partial charge in [-0.25, -0.2) is 4.39 Å². The first kappa shape index (κ1) is 8.66. The van der Waals surface area contributed by atoms with Gasteiger partial charge in [-0.2, -0.15) is 0 Å². The Morgan fingerprint density at radius 3 is 2.77 bits per heavy atom. The highest BCUT2D eigenvalue weighted by Crippen LogP contribution is 2.36. The van der Waals surface area contributed by atoms with Crippen LogP contribution in [-0.2, 0) is 10.3 Å². The third kappa shape index (κ3) is 1.34. The number of benzene rings is 1. The molecule has 1 aliphatic heterocycles.